The lowest BCUT2D eigenvalue weighted by Crippen LogP contribution is -2.40. The van der Waals surface area contributed by atoms with E-state index in [1.807, 2.05) is 18.2 Å². The Labute approximate surface area is 107 Å². The number of morpholine rings is 1. The highest BCUT2D eigenvalue weighted by Gasteiger charge is 2.21. The van der Waals surface area contributed by atoms with Crippen LogP contribution in [0.5, 0.6) is 0 Å². The molecule has 0 aromatic heterocycles. The molecule has 2 aliphatic rings. The second kappa shape index (κ2) is 5.52. The predicted molar refractivity (Wildman–Crippen MR) is 69.7 cm³/mol. The van der Waals surface area contributed by atoms with Crippen molar-refractivity contribution in [1.82, 2.24) is 10.4 Å². The van der Waals surface area contributed by atoms with E-state index in [2.05, 4.69) is 28.6 Å². The summed E-state index contributed by atoms with van der Waals surface area (Å²) in [5, 5.41) is 0. The summed E-state index contributed by atoms with van der Waals surface area (Å²) in [5.41, 5.74) is 5.25. The summed E-state index contributed by atoms with van der Waals surface area (Å²) >= 11 is 0. The van der Waals surface area contributed by atoms with Gasteiger partial charge in [0.05, 0.1) is 18.9 Å². The van der Waals surface area contributed by atoms with Crippen molar-refractivity contribution in [2.24, 2.45) is 0 Å². The Morgan fingerprint density at radius 1 is 1.17 bits per heavy atom. The molecule has 0 saturated carbocycles. The molecule has 4 heteroatoms. The summed E-state index contributed by atoms with van der Waals surface area (Å²) in [6.07, 6.45) is 2.28. The van der Waals surface area contributed by atoms with Crippen LogP contribution in [-0.4, -0.2) is 43.9 Å². The van der Waals surface area contributed by atoms with Gasteiger partial charge in [0.1, 0.15) is 6.10 Å². The number of hydroxylamine groups is 1. The van der Waals surface area contributed by atoms with E-state index in [0.717, 1.165) is 38.5 Å². The minimum atomic E-state index is 0.123. The van der Waals surface area contributed by atoms with Crippen molar-refractivity contribution >= 4 is 5.70 Å². The van der Waals surface area contributed by atoms with Crippen LogP contribution in [0.1, 0.15) is 5.56 Å². The molecular weight excluding hydrogens is 228 g/mol. The van der Waals surface area contributed by atoms with E-state index in [1.54, 1.807) is 0 Å². The van der Waals surface area contributed by atoms with Gasteiger partial charge in [-0.05, 0) is 11.6 Å². The molecular formula is C14H18N2O2. The molecule has 2 heterocycles. The minimum Gasteiger partial charge on any atom is -0.379 e. The Balaban J connectivity index is 1.61. The van der Waals surface area contributed by atoms with Gasteiger partial charge >= 0.3 is 0 Å². The van der Waals surface area contributed by atoms with Crippen LogP contribution in [0.2, 0.25) is 0 Å². The average molecular weight is 246 g/mol. The number of hydrogen-bond acceptors (Lipinski definition) is 4. The maximum atomic E-state index is 5.60. The highest BCUT2D eigenvalue weighted by atomic mass is 16.7. The fourth-order valence-corrected chi connectivity index (χ4v) is 2.29. The number of hydrogen-bond donors (Lipinski definition) is 1. The molecule has 0 bridgehead atoms. The fraction of sp³-hybridized carbons (Fsp3) is 0.429. The average Bonchev–Trinajstić information content (AvgIpc) is 2.89. The fourth-order valence-electron chi connectivity index (χ4n) is 2.29. The largest absolute Gasteiger partial charge is 0.379 e. The van der Waals surface area contributed by atoms with Crippen molar-refractivity contribution in [3.8, 4) is 0 Å². The van der Waals surface area contributed by atoms with Gasteiger partial charge in [-0.15, -0.1) is 0 Å². The highest BCUT2D eigenvalue weighted by Crippen LogP contribution is 2.18. The van der Waals surface area contributed by atoms with Crippen LogP contribution in [0.25, 0.3) is 5.70 Å². The van der Waals surface area contributed by atoms with Gasteiger partial charge < -0.3 is 4.74 Å². The first-order valence-corrected chi connectivity index (χ1v) is 6.41. The summed E-state index contributed by atoms with van der Waals surface area (Å²) in [6.45, 7) is 4.57. The zero-order valence-corrected chi connectivity index (χ0v) is 10.3. The molecule has 0 amide bonds. The van der Waals surface area contributed by atoms with Crippen molar-refractivity contribution in [3.05, 3.63) is 42.0 Å². The van der Waals surface area contributed by atoms with Gasteiger partial charge in [0.2, 0.25) is 0 Å². The maximum Gasteiger partial charge on any atom is 0.118 e. The third-order valence-corrected chi connectivity index (χ3v) is 3.30. The van der Waals surface area contributed by atoms with Crippen LogP contribution in [-0.2, 0) is 9.57 Å². The number of rotatable bonds is 3. The van der Waals surface area contributed by atoms with Crippen molar-refractivity contribution in [1.29, 1.82) is 0 Å². The molecule has 1 aromatic rings. The molecule has 1 fully saturated rings. The van der Waals surface area contributed by atoms with E-state index in [-0.39, 0.29) is 6.10 Å². The van der Waals surface area contributed by atoms with Gasteiger partial charge in [0, 0.05) is 19.6 Å². The zero-order chi connectivity index (χ0) is 12.2. The zero-order valence-electron chi connectivity index (χ0n) is 10.3. The molecule has 18 heavy (non-hydrogen) atoms. The number of nitrogens with zero attached hydrogens (tertiary/aromatic N) is 1. The minimum absolute atomic E-state index is 0.123. The van der Waals surface area contributed by atoms with Gasteiger partial charge in [-0.3, -0.25) is 15.2 Å². The first-order valence-electron chi connectivity index (χ1n) is 6.41. The summed E-state index contributed by atoms with van der Waals surface area (Å²) < 4.78 is 5.34. The summed E-state index contributed by atoms with van der Waals surface area (Å²) in [4.78, 5) is 7.97. The van der Waals surface area contributed by atoms with Crippen molar-refractivity contribution < 1.29 is 9.57 Å². The summed E-state index contributed by atoms with van der Waals surface area (Å²) in [6, 6.07) is 10.3. The molecule has 2 aliphatic heterocycles. The normalized spacial score (nSPS) is 24.7. The molecule has 4 nitrogen and oxygen atoms in total. The molecule has 0 radical (unpaired) electrons. The van der Waals surface area contributed by atoms with Crippen molar-refractivity contribution in [2.75, 3.05) is 32.8 Å². The van der Waals surface area contributed by atoms with Gasteiger partial charge in [-0.2, -0.15) is 0 Å². The van der Waals surface area contributed by atoms with Crippen LogP contribution < -0.4 is 5.48 Å². The van der Waals surface area contributed by atoms with Crippen LogP contribution >= 0.6 is 0 Å². The smallest absolute Gasteiger partial charge is 0.118 e. The molecule has 1 N–H and O–H groups in total. The Morgan fingerprint density at radius 2 is 1.94 bits per heavy atom. The second-order valence-corrected chi connectivity index (χ2v) is 4.62. The summed E-state index contributed by atoms with van der Waals surface area (Å²) in [5.74, 6) is 0. The van der Waals surface area contributed by atoms with Crippen LogP contribution in [0.4, 0.5) is 0 Å². The lowest BCUT2D eigenvalue weighted by molar-refractivity contribution is -0.00798. The Hall–Kier alpha value is -1.36. The maximum absolute atomic E-state index is 5.60. The van der Waals surface area contributed by atoms with Gasteiger partial charge in [0.15, 0.2) is 0 Å². The molecule has 0 spiro atoms. The standard InChI is InChI=1S/C14H18N2O2/c1-2-4-12(5-3-1)14-10-13(18-15-14)11-16-6-8-17-9-7-16/h1-5,10,13,15H,6-9,11H2. The third kappa shape index (κ3) is 2.72. The van der Waals surface area contributed by atoms with Crippen molar-refractivity contribution in [3.63, 3.8) is 0 Å². The molecule has 96 valence electrons. The summed E-state index contributed by atoms with van der Waals surface area (Å²) in [7, 11) is 0. The van der Waals surface area contributed by atoms with E-state index in [0.29, 0.717) is 0 Å². The Morgan fingerprint density at radius 3 is 2.72 bits per heavy atom. The van der Waals surface area contributed by atoms with E-state index < -0.39 is 0 Å². The first kappa shape index (κ1) is 11.7. The van der Waals surface area contributed by atoms with Gasteiger partial charge in [0.25, 0.3) is 0 Å². The van der Waals surface area contributed by atoms with Crippen LogP contribution in [0, 0.1) is 0 Å². The SMILES string of the molecule is C1=C(c2ccccc2)NOC1CN1CCOCC1. The van der Waals surface area contributed by atoms with Gasteiger partial charge in [-0.25, -0.2) is 0 Å². The number of benzene rings is 1. The lowest BCUT2D eigenvalue weighted by atomic mass is 10.1. The van der Waals surface area contributed by atoms with Gasteiger partial charge in [-0.1, -0.05) is 30.3 Å². The first-order chi connectivity index (χ1) is 8.92. The van der Waals surface area contributed by atoms with E-state index in [9.17, 15) is 0 Å². The molecule has 0 aliphatic carbocycles. The third-order valence-electron chi connectivity index (χ3n) is 3.30. The quantitative estimate of drug-likeness (QED) is 0.870. The predicted octanol–water partition coefficient (Wildman–Crippen LogP) is 1.26. The lowest BCUT2D eigenvalue weighted by Gasteiger charge is -2.27. The monoisotopic (exact) mass is 246 g/mol. The molecule has 1 atom stereocenters. The molecule has 3 rings (SSSR count). The highest BCUT2D eigenvalue weighted by molar-refractivity contribution is 5.64. The van der Waals surface area contributed by atoms with Crippen LogP contribution in [0.3, 0.4) is 0 Å². The number of ether oxygens (including phenoxy) is 1. The second-order valence-electron chi connectivity index (χ2n) is 4.62. The van der Waals surface area contributed by atoms with Crippen molar-refractivity contribution in [2.45, 2.75) is 6.10 Å². The Kier molecular flexibility index (Phi) is 3.59. The molecule has 1 unspecified atom stereocenters. The number of nitrogens with one attached hydrogen (secondary N) is 1. The topological polar surface area (TPSA) is 33.7 Å². The molecule has 1 saturated heterocycles. The van der Waals surface area contributed by atoms with E-state index in [4.69, 9.17) is 9.57 Å². The Bertz CT molecular complexity index is 413. The van der Waals surface area contributed by atoms with Crippen LogP contribution in [0.15, 0.2) is 36.4 Å². The van der Waals surface area contributed by atoms with E-state index >= 15 is 0 Å². The molecule has 1 aromatic carbocycles. The van der Waals surface area contributed by atoms with E-state index in [1.165, 1.54) is 5.56 Å².